The van der Waals surface area contributed by atoms with E-state index >= 15 is 0 Å². The van der Waals surface area contributed by atoms with Crippen LogP contribution in [0.25, 0.3) is 11.0 Å². The number of aryl methyl sites for hydroxylation is 2. The van der Waals surface area contributed by atoms with Gasteiger partial charge in [-0.3, -0.25) is 9.78 Å². The summed E-state index contributed by atoms with van der Waals surface area (Å²) in [5.74, 6) is 0.868. The van der Waals surface area contributed by atoms with Gasteiger partial charge in [0, 0.05) is 44.2 Å². The van der Waals surface area contributed by atoms with E-state index in [9.17, 15) is 4.79 Å². The van der Waals surface area contributed by atoms with E-state index in [0.717, 1.165) is 28.1 Å². The van der Waals surface area contributed by atoms with Gasteiger partial charge >= 0.3 is 0 Å². The zero-order chi connectivity index (χ0) is 22.5. The SMILES string of the molecule is Cc1ccc(Cc2nc3cc(Cl)c(Cl)cc3n2CCC(=O)NCCc2ccccn2)cc1. The van der Waals surface area contributed by atoms with Crippen LogP contribution in [0.3, 0.4) is 0 Å². The maximum Gasteiger partial charge on any atom is 0.221 e. The molecule has 32 heavy (non-hydrogen) atoms. The zero-order valence-electron chi connectivity index (χ0n) is 17.8. The highest BCUT2D eigenvalue weighted by Gasteiger charge is 2.15. The minimum atomic E-state index is -0.0101. The molecule has 2 aromatic carbocycles. The zero-order valence-corrected chi connectivity index (χ0v) is 19.3. The Balaban J connectivity index is 1.48. The van der Waals surface area contributed by atoms with Gasteiger partial charge in [0.25, 0.3) is 0 Å². The van der Waals surface area contributed by atoms with E-state index in [1.807, 2.05) is 24.3 Å². The van der Waals surface area contributed by atoms with Crippen molar-refractivity contribution in [3.05, 3.63) is 93.5 Å². The van der Waals surface area contributed by atoms with Gasteiger partial charge in [-0.25, -0.2) is 4.98 Å². The molecule has 1 N–H and O–H groups in total. The van der Waals surface area contributed by atoms with Crippen molar-refractivity contribution >= 4 is 40.1 Å². The molecular weight excluding hydrogens is 443 g/mol. The number of carbonyl (C=O) groups excluding carboxylic acids is 1. The summed E-state index contributed by atoms with van der Waals surface area (Å²) in [6.45, 7) is 3.12. The summed E-state index contributed by atoms with van der Waals surface area (Å²) in [6.07, 6.45) is 3.46. The van der Waals surface area contributed by atoms with Crippen molar-refractivity contribution < 1.29 is 4.79 Å². The van der Waals surface area contributed by atoms with Gasteiger partial charge in [0.1, 0.15) is 5.82 Å². The fourth-order valence-corrected chi connectivity index (χ4v) is 3.94. The van der Waals surface area contributed by atoms with Crippen LogP contribution in [0.1, 0.15) is 29.1 Å². The fraction of sp³-hybridized carbons (Fsp3) is 0.240. The minimum absolute atomic E-state index is 0.0101. The molecule has 2 heterocycles. The first kappa shape index (κ1) is 22.3. The number of aromatic nitrogens is 3. The maximum absolute atomic E-state index is 12.5. The third-order valence-corrected chi connectivity index (χ3v) is 6.07. The molecule has 0 aliphatic carbocycles. The van der Waals surface area contributed by atoms with E-state index in [-0.39, 0.29) is 5.91 Å². The molecular formula is C25H24Cl2N4O. The highest BCUT2D eigenvalue weighted by molar-refractivity contribution is 6.42. The summed E-state index contributed by atoms with van der Waals surface area (Å²) in [7, 11) is 0. The molecule has 0 bridgehead atoms. The van der Waals surface area contributed by atoms with Crippen LogP contribution in [0, 0.1) is 6.92 Å². The Morgan fingerprint density at radius 3 is 2.59 bits per heavy atom. The van der Waals surface area contributed by atoms with Crippen LogP contribution < -0.4 is 5.32 Å². The molecule has 0 saturated heterocycles. The topological polar surface area (TPSA) is 59.8 Å². The highest BCUT2D eigenvalue weighted by Crippen LogP contribution is 2.29. The molecule has 0 unspecified atom stereocenters. The summed E-state index contributed by atoms with van der Waals surface area (Å²) >= 11 is 12.5. The third kappa shape index (κ3) is 5.47. The average molecular weight is 467 g/mol. The van der Waals surface area contributed by atoms with Crippen molar-refractivity contribution in [1.82, 2.24) is 19.9 Å². The molecule has 4 rings (SSSR count). The summed E-state index contributed by atoms with van der Waals surface area (Å²) in [5.41, 5.74) is 4.98. The van der Waals surface area contributed by atoms with Crippen molar-refractivity contribution in [1.29, 1.82) is 0 Å². The molecule has 0 fully saturated rings. The van der Waals surface area contributed by atoms with Gasteiger partial charge in [-0.1, -0.05) is 59.1 Å². The summed E-state index contributed by atoms with van der Waals surface area (Å²) < 4.78 is 2.07. The Bertz CT molecular complexity index is 1220. The number of benzene rings is 2. The molecule has 4 aromatic rings. The van der Waals surface area contributed by atoms with Crippen LogP contribution in [0.2, 0.25) is 10.0 Å². The third-order valence-electron chi connectivity index (χ3n) is 5.34. The molecule has 0 radical (unpaired) electrons. The van der Waals surface area contributed by atoms with Gasteiger partial charge in [0.2, 0.25) is 5.91 Å². The number of carbonyl (C=O) groups is 1. The number of hydrogen-bond acceptors (Lipinski definition) is 3. The second kappa shape index (κ2) is 10.2. The van der Waals surface area contributed by atoms with Crippen LogP contribution in [-0.2, 0) is 24.2 Å². The van der Waals surface area contributed by atoms with Crippen LogP contribution in [0.15, 0.2) is 60.8 Å². The Kier molecular flexibility index (Phi) is 7.08. The van der Waals surface area contributed by atoms with Crippen LogP contribution in [-0.4, -0.2) is 27.0 Å². The van der Waals surface area contributed by atoms with Crippen LogP contribution >= 0.6 is 23.2 Å². The lowest BCUT2D eigenvalue weighted by atomic mass is 10.1. The van der Waals surface area contributed by atoms with Gasteiger partial charge in [0.05, 0.1) is 21.1 Å². The van der Waals surface area contributed by atoms with Crippen molar-refractivity contribution in [3.63, 3.8) is 0 Å². The summed E-state index contributed by atoms with van der Waals surface area (Å²) in [5, 5.41) is 3.92. The summed E-state index contributed by atoms with van der Waals surface area (Å²) in [4.78, 5) is 21.6. The fourth-order valence-electron chi connectivity index (χ4n) is 3.62. The number of imidazole rings is 1. The number of hydrogen-bond donors (Lipinski definition) is 1. The molecule has 0 spiro atoms. The van der Waals surface area contributed by atoms with Gasteiger partial charge < -0.3 is 9.88 Å². The first-order valence-electron chi connectivity index (χ1n) is 10.6. The molecule has 164 valence electrons. The smallest absolute Gasteiger partial charge is 0.221 e. The molecule has 0 atom stereocenters. The second-order valence-corrected chi connectivity index (χ2v) is 8.58. The lowest BCUT2D eigenvalue weighted by Gasteiger charge is -2.11. The number of halogens is 2. The maximum atomic E-state index is 12.5. The number of nitrogens with one attached hydrogen (secondary N) is 1. The van der Waals surface area contributed by atoms with Crippen molar-refractivity contribution in [2.24, 2.45) is 0 Å². The molecule has 0 saturated carbocycles. The Morgan fingerprint density at radius 1 is 1.06 bits per heavy atom. The van der Waals surface area contributed by atoms with E-state index in [1.165, 1.54) is 5.56 Å². The van der Waals surface area contributed by atoms with E-state index in [4.69, 9.17) is 28.2 Å². The van der Waals surface area contributed by atoms with Crippen molar-refractivity contribution in [3.8, 4) is 0 Å². The molecule has 1 amide bonds. The lowest BCUT2D eigenvalue weighted by molar-refractivity contribution is -0.121. The number of amides is 1. The lowest BCUT2D eigenvalue weighted by Crippen LogP contribution is -2.27. The number of rotatable bonds is 8. The highest BCUT2D eigenvalue weighted by atomic mass is 35.5. The molecule has 0 aliphatic heterocycles. The van der Waals surface area contributed by atoms with Gasteiger partial charge in [0.15, 0.2) is 0 Å². The predicted molar refractivity (Wildman–Crippen MR) is 129 cm³/mol. The van der Waals surface area contributed by atoms with E-state index in [1.54, 1.807) is 12.3 Å². The van der Waals surface area contributed by atoms with E-state index in [2.05, 4.69) is 46.1 Å². The molecule has 7 heteroatoms. The Morgan fingerprint density at radius 2 is 1.84 bits per heavy atom. The molecule has 5 nitrogen and oxygen atoms in total. The molecule has 0 aliphatic rings. The molecule has 2 aromatic heterocycles. The minimum Gasteiger partial charge on any atom is -0.356 e. The summed E-state index contributed by atoms with van der Waals surface area (Å²) in [6, 6.07) is 17.8. The number of nitrogens with zero attached hydrogens (tertiary/aromatic N) is 3. The van der Waals surface area contributed by atoms with Gasteiger partial charge in [-0.2, -0.15) is 0 Å². The Labute approximate surface area is 197 Å². The normalized spacial score (nSPS) is 11.1. The van der Waals surface area contributed by atoms with Crippen LogP contribution in [0.4, 0.5) is 0 Å². The van der Waals surface area contributed by atoms with Gasteiger partial charge in [-0.15, -0.1) is 0 Å². The first-order valence-corrected chi connectivity index (χ1v) is 11.3. The van der Waals surface area contributed by atoms with Crippen molar-refractivity contribution in [2.45, 2.75) is 32.7 Å². The standard InChI is InChI=1S/C25H24Cl2N4O/c1-17-5-7-18(8-6-17)14-24-30-22-15-20(26)21(27)16-23(22)31(24)13-10-25(32)29-12-9-19-4-2-3-11-28-19/h2-8,11,15-16H,9-10,12-14H2,1H3,(H,29,32). The van der Waals surface area contributed by atoms with Crippen molar-refractivity contribution in [2.75, 3.05) is 6.54 Å². The number of pyridine rings is 1. The van der Waals surface area contributed by atoms with E-state index in [0.29, 0.717) is 42.4 Å². The Hall–Kier alpha value is -2.89. The van der Waals surface area contributed by atoms with Crippen LogP contribution in [0.5, 0.6) is 0 Å². The monoisotopic (exact) mass is 466 g/mol. The van der Waals surface area contributed by atoms with E-state index < -0.39 is 0 Å². The first-order chi connectivity index (χ1) is 15.5. The average Bonchev–Trinajstić information content (AvgIpc) is 3.10. The van der Waals surface area contributed by atoms with Gasteiger partial charge in [-0.05, 0) is 36.8 Å². The predicted octanol–water partition coefficient (Wildman–Crippen LogP) is 5.39. The number of fused-ring (bicyclic) bond motifs is 1. The largest absolute Gasteiger partial charge is 0.356 e. The second-order valence-electron chi connectivity index (χ2n) is 7.77. The quantitative estimate of drug-likeness (QED) is 0.378.